The summed E-state index contributed by atoms with van der Waals surface area (Å²) >= 11 is 0. The van der Waals surface area contributed by atoms with Crippen molar-refractivity contribution < 1.29 is 39.2 Å². The molecule has 0 amide bonds. The maximum atomic E-state index is 10.7. The zero-order valence-corrected chi connectivity index (χ0v) is 13.6. The number of rotatable bonds is 5. The Hall–Kier alpha value is 2.06. The molecule has 86 valence electrons. The van der Waals surface area contributed by atoms with Gasteiger partial charge >= 0.3 is 89.3 Å². The average molecular weight is 298 g/mol. The van der Waals surface area contributed by atoms with Crippen LogP contribution in [-0.2, 0) is 18.4 Å². The van der Waals surface area contributed by atoms with Crippen LogP contribution in [0.2, 0.25) is 0 Å². The van der Waals surface area contributed by atoms with Gasteiger partial charge in [0.05, 0.1) is 13.2 Å². The molecular formula is C5H15Ca2O7P. The second-order valence-electron chi connectivity index (χ2n) is 2.18. The van der Waals surface area contributed by atoms with Crippen LogP contribution in [0.4, 0.5) is 0 Å². The van der Waals surface area contributed by atoms with E-state index in [1.54, 1.807) is 0 Å². The van der Waals surface area contributed by atoms with Crippen molar-refractivity contribution in [1.82, 2.24) is 0 Å². The van der Waals surface area contributed by atoms with Gasteiger partial charge in [-0.25, -0.2) is 4.57 Å². The molecule has 0 aromatic rings. The summed E-state index contributed by atoms with van der Waals surface area (Å²) < 4.78 is 18.8. The van der Waals surface area contributed by atoms with E-state index in [1.165, 1.54) is 0 Å². The first-order valence-corrected chi connectivity index (χ1v) is 4.83. The summed E-state index contributed by atoms with van der Waals surface area (Å²) in [5, 5.41) is 17.0. The minimum Gasteiger partial charge on any atom is -1.00 e. The molecule has 0 spiro atoms. The second-order valence-corrected chi connectivity index (χ2v) is 3.56. The number of carbonyl (C=O) groups excluding carboxylic acids is 1. The summed E-state index contributed by atoms with van der Waals surface area (Å²) in [7, 11) is -4.44. The summed E-state index contributed by atoms with van der Waals surface area (Å²) in [6.45, 7) is -0.258. The monoisotopic (exact) mass is 298 g/mol. The molecule has 0 saturated carbocycles. The van der Waals surface area contributed by atoms with Gasteiger partial charge in [-0.3, -0.25) is 14.2 Å². The molecule has 2 unspecified atom stereocenters. The molecule has 0 radical (unpaired) electrons. The summed E-state index contributed by atoms with van der Waals surface area (Å²) in [5.41, 5.74) is 0. The third-order valence-corrected chi connectivity index (χ3v) is 1.85. The van der Waals surface area contributed by atoms with Crippen LogP contribution in [-0.4, -0.2) is 116 Å². The van der Waals surface area contributed by atoms with E-state index in [2.05, 4.69) is 9.05 Å². The molecule has 2 atom stereocenters. The van der Waals surface area contributed by atoms with Gasteiger partial charge in [0.1, 0.15) is 6.10 Å². The van der Waals surface area contributed by atoms with Gasteiger partial charge in [0.25, 0.3) is 0 Å². The van der Waals surface area contributed by atoms with Crippen molar-refractivity contribution in [2.24, 2.45) is 0 Å². The van der Waals surface area contributed by atoms with Crippen molar-refractivity contribution in [2.75, 3.05) is 13.2 Å². The molecule has 0 rings (SSSR count). The van der Waals surface area contributed by atoms with Crippen LogP contribution < -0.4 is 0 Å². The molecule has 15 heavy (non-hydrogen) atoms. The number of hydrogen-bond donors (Lipinski definition) is 3. The molecule has 0 bridgehead atoms. The first-order chi connectivity index (χ1) is 5.87. The maximum Gasteiger partial charge on any atom is 2.00 e. The molecule has 7 nitrogen and oxygen atoms in total. The number of phosphoric acid groups is 1. The van der Waals surface area contributed by atoms with Crippen molar-refractivity contribution in [1.29, 1.82) is 0 Å². The Labute approximate surface area is 153 Å². The van der Waals surface area contributed by atoms with Gasteiger partial charge in [0.15, 0.2) is 0 Å². The molecule has 0 aromatic heterocycles. The maximum absolute atomic E-state index is 10.7. The Morgan fingerprint density at radius 2 is 2.00 bits per heavy atom. The normalized spacial score (nSPS) is 15.2. The van der Waals surface area contributed by atoms with E-state index < -0.39 is 33.1 Å². The van der Waals surface area contributed by atoms with Gasteiger partial charge in [0.2, 0.25) is 0 Å². The quantitative estimate of drug-likeness (QED) is 0.427. The fraction of sp³-hybridized carbons (Fsp3) is 0.800. The standard InChI is InChI=1S/C5H11O7P.2Ca.4H/c1-4(7)12-13(9,10)11-3-5(8)2-6;;;;;;/h5-6,8H,2-3H2,1H3,(H,9,10);;;;;;/q;2*+2;4*-1. The Morgan fingerprint density at radius 3 is 2.33 bits per heavy atom. The van der Waals surface area contributed by atoms with E-state index in [0.29, 0.717) is 0 Å². The summed E-state index contributed by atoms with van der Waals surface area (Å²) in [5.74, 6) is -0.968. The molecule has 0 aliphatic carbocycles. The zero-order valence-electron chi connectivity index (χ0n) is 12.3. The van der Waals surface area contributed by atoms with Crippen LogP contribution in [0.25, 0.3) is 0 Å². The molecule has 0 aliphatic rings. The van der Waals surface area contributed by atoms with Crippen LogP contribution in [0, 0.1) is 0 Å². The van der Waals surface area contributed by atoms with Crippen LogP contribution >= 0.6 is 7.82 Å². The average Bonchev–Trinajstić information content (AvgIpc) is 1.98. The van der Waals surface area contributed by atoms with Crippen molar-refractivity contribution in [3.05, 3.63) is 0 Å². The van der Waals surface area contributed by atoms with Gasteiger partial charge in [-0.05, 0) is 0 Å². The van der Waals surface area contributed by atoms with E-state index in [1.807, 2.05) is 0 Å². The first-order valence-electron chi connectivity index (χ1n) is 3.34. The van der Waals surface area contributed by atoms with Gasteiger partial charge in [0, 0.05) is 6.92 Å². The fourth-order valence-electron chi connectivity index (χ4n) is 0.422. The molecule has 0 heterocycles. The van der Waals surface area contributed by atoms with Crippen molar-refractivity contribution in [2.45, 2.75) is 13.0 Å². The van der Waals surface area contributed by atoms with Crippen molar-refractivity contribution in [3.8, 4) is 0 Å². The van der Waals surface area contributed by atoms with E-state index in [-0.39, 0.29) is 81.2 Å². The molecular weight excluding hydrogens is 283 g/mol. The summed E-state index contributed by atoms with van der Waals surface area (Å²) in [4.78, 5) is 19.0. The minimum absolute atomic E-state index is 0. The van der Waals surface area contributed by atoms with Crippen LogP contribution in [0.3, 0.4) is 0 Å². The van der Waals surface area contributed by atoms with Gasteiger partial charge in [-0.15, -0.1) is 0 Å². The third kappa shape index (κ3) is 14.0. The van der Waals surface area contributed by atoms with Gasteiger partial charge < -0.3 is 20.4 Å². The fourth-order valence-corrected chi connectivity index (χ4v) is 1.16. The van der Waals surface area contributed by atoms with E-state index in [0.717, 1.165) is 6.92 Å². The first kappa shape index (κ1) is 22.3. The smallest absolute Gasteiger partial charge is 1.00 e. The number of phosphoric ester groups is 1. The van der Waals surface area contributed by atoms with Crippen molar-refractivity contribution in [3.63, 3.8) is 0 Å². The van der Waals surface area contributed by atoms with Crippen molar-refractivity contribution >= 4 is 89.3 Å². The van der Waals surface area contributed by atoms with E-state index in [9.17, 15) is 9.36 Å². The minimum atomic E-state index is -4.44. The molecule has 0 fully saturated rings. The van der Waals surface area contributed by atoms with Crippen LogP contribution in [0.1, 0.15) is 12.6 Å². The summed E-state index contributed by atoms with van der Waals surface area (Å²) in [6, 6.07) is 0. The molecule has 0 aromatic carbocycles. The number of aliphatic hydroxyl groups is 2. The second kappa shape index (κ2) is 11.2. The Kier molecular flexibility index (Phi) is 16.6. The summed E-state index contributed by atoms with van der Waals surface area (Å²) in [6.07, 6.45) is -1.28. The predicted molar refractivity (Wildman–Crippen MR) is 56.6 cm³/mol. The van der Waals surface area contributed by atoms with E-state index >= 15 is 0 Å². The SMILES string of the molecule is CC(=O)OP(=O)(O)OCC(O)CO.[Ca+2].[Ca+2].[H-].[H-].[H-].[H-]. The molecule has 0 saturated heterocycles. The van der Waals surface area contributed by atoms with E-state index in [4.69, 9.17) is 15.1 Å². The number of hydrogen-bond acceptors (Lipinski definition) is 6. The molecule has 3 N–H and O–H groups in total. The predicted octanol–water partition coefficient (Wildman–Crippen LogP) is -1.29. The van der Waals surface area contributed by atoms with Gasteiger partial charge in [-0.1, -0.05) is 0 Å². The largest absolute Gasteiger partial charge is 2.00 e. The molecule has 0 aliphatic heterocycles. The Bertz CT molecular complexity index is 238. The zero-order chi connectivity index (χ0) is 10.5. The van der Waals surface area contributed by atoms with Crippen LogP contribution in [0.5, 0.6) is 0 Å². The Morgan fingerprint density at radius 1 is 1.53 bits per heavy atom. The number of aliphatic hydroxyl groups excluding tert-OH is 2. The van der Waals surface area contributed by atoms with Gasteiger partial charge in [-0.2, -0.15) is 0 Å². The third-order valence-electron chi connectivity index (χ3n) is 0.885. The topological polar surface area (TPSA) is 113 Å². The number of carbonyl (C=O) groups is 1. The Balaban J connectivity index is -0.0000000480. The molecule has 10 heteroatoms. The van der Waals surface area contributed by atoms with Crippen LogP contribution in [0.15, 0.2) is 0 Å².